The van der Waals surface area contributed by atoms with Crippen LogP contribution in [0.15, 0.2) is 12.3 Å². The predicted molar refractivity (Wildman–Crippen MR) is 107 cm³/mol. The highest BCUT2D eigenvalue weighted by atomic mass is 19.4. The van der Waals surface area contributed by atoms with Gasteiger partial charge in [-0.15, -0.1) is 0 Å². The van der Waals surface area contributed by atoms with E-state index in [1.165, 1.54) is 12.3 Å². The van der Waals surface area contributed by atoms with Crippen molar-refractivity contribution >= 4 is 11.9 Å². The fraction of sp³-hybridized carbons (Fsp3) is 0.682. The summed E-state index contributed by atoms with van der Waals surface area (Å²) in [6.45, 7) is 5.39. The number of carbonyl (C=O) groups is 2. The molecule has 1 atom stereocenters. The maximum absolute atomic E-state index is 12.9. The zero-order valence-electron chi connectivity index (χ0n) is 18.3. The Labute approximate surface area is 179 Å². The normalized spacial score (nSPS) is 18.8. The smallest absolute Gasteiger partial charge is 0.422 e. The van der Waals surface area contributed by atoms with Gasteiger partial charge in [0.15, 0.2) is 6.61 Å². The van der Waals surface area contributed by atoms with Crippen molar-refractivity contribution < 1.29 is 32.2 Å². The van der Waals surface area contributed by atoms with Gasteiger partial charge in [-0.1, -0.05) is 12.8 Å². The number of carbonyl (C=O) groups excluding carboxylic acids is 2. The Morgan fingerprint density at radius 1 is 1.13 bits per heavy atom. The summed E-state index contributed by atoms with van der Waals surface area (Å²) in [6.07, 6.45) is 0.943. The summed E-state index contributed by atoms with van der Waals surface area (Å²) in [7, 11) is 0. The summed E-state index contributed by atoms with van der Waals surface area (Å²) in [5.74, 6) is -0.804. The molecule has 0 spiro atoms. The number of halogens is 3. The van der Waals surface area contributed by atoms with Gasteiger partial charge < -0.3 is 14.8 Å². The van der Waals surface area contributed by atoms with Crippen molar-refractivity contribution in [2.75, 3.05) is 6.61 Å². The molecule has 0 saturated heterocycles. The van der Waals surface area contributed by atoms with Crippen molar-refractivity contribution in [3.8, 4) is 5.75 Å². The van der Waals surface area contributed by atoms with Crippen LogP contribution in [0.25, 0.3) is 0 Å². The lowest BCUT2D eigenvalue weighted by Crippen LogP contribution is -2.55. The van der Waals surface area contributed by atoms with Crippen LogP contribution in [0, 0.1) is 5.92 Å². The summed E-state index contributed by atoms with van der Waals surface area (Å²) in [5.41, 5.74) is -1.54. The van der Waals surface area contributed by atoms with E-state index < -0.39 is 35.8 Å². The Kier molecular flexibility index (Phi) is 6.26. The quantitative estimate of drug-likeness (QED) is 0.599. The molecule has 172 valence electrons. The SMILES string of the molecule is CC(C)(C)OC(=O)C(C)(CC1CC1)NC(=O)c1cc(OCC(F)(F)F)c(C2CC2)cn1. The van der Waals surface area contributed by atoms with E-state index in [0.29, 0.717) is 17.9 Å². The van der Waals surface area contributed by atoms with Gasteiger partial charge in [-0.25, -0.2) is 4.79 Å². The minimum Gasteiger partial charge on any atom is -0.484 e. The number of alkyl halides is 3. The number of nitrogens with one attached hydrogen (secondary N) is 1. The average Bonchev–Trinajstić information content (AvgIpc) is 3.52. The standard InChI is InChI=1S/C22H29F3N2O4/c1-20(2,3)31-19(29)21(4,10-13-5-6-13)27-18(28)16-9-17(30-12-22(23,24)25)15(11-26-16)14-7-8-14/h9,11,13-14H,5-8,10,12H2,1-4H3,(H,27,28). The largest absolute Gasteiger partial charge is 0.484 e. The van der Waals surface area contributed by atoms with Gasteiger partial charge in [0.25, 0.3) is 5.91 Å². The van der Waals surface area contributed by atoms with Crippen molar-refractivity contribution in [1.29, 1.82) is 0 Å². The highest BCUT2D eigenvalue weighted by molar-refractivity contribution is 5.97. The first-order chi connectivity index (χ1) is 14.3. The molecule has 31 heavy (non-hydrogen) atoms. The summed E-state index contributed by atoms with van der Waals surface area (Å²) in [5, 5.41) is 2.71. The molecule has 0 aliphatic heterocycles. The third-order valence-corrected chi connectivity index (χ3v) is 5.17. The number of hydrogen-bond donors (Lipinski definition) is 1. The van der Waals surface area contributed by atoms with Crippen LogP contribution in [0.1, 0.15) is 81.8 Å². The first kappa shape index (κ1) is 23.3. The summed E-state index contributed by atoms with van der Waals surface area (Å²) < 4.78 is 48.4. The number of pyridine rings is 1. The lowest BCUT2D eigenvalue weighted by Gasteiger charge is -2.32. The molecule has 1 aromatic rings. The third-order valence-electron chi connectivity index (χ3n) is 5.17. The number of amides is 1. The van der Waals surface area contributed by atoms with Gasteiger partial charge in [0.2, 0.25) is 0 Å². The van der Waals surface area contributed by atoms with E-state index >= 15 is 0 Å². The van der Waals surface area contributed by atoms with Crippen molar-refractivity contribution in [3.05, 3.63) is 23.5 Å². The second-order valence-electron chi connectivity index (χ2n) is 9.72. The van der Waals surface area contributed by atoms with E-state index in [1.807, 2.05) is 0 Å². The van der Waals surface area contributed by atoms with Gasteiger partial charge in [-0.05, 0) is 58.8 Å². The van der Waals surface area contributed by atoms with E-state index in [-0.39, 0.29) is 17.4 Å². The molecule has 0 bridgehead atoms. The molecule has 1 heterocycles. The fourth-order valence-electron chi connectivity index (χ4n) is 3.35. The molecular weight excluding hydrogens is 413 g/mol. The lowest BCUT2D eigenvalue weighted by atomic mass is 9.94. The van der Waals surface area contributed by atoms with Crippen LogP contribution in [-0.2, 0) is 9.53 Å². The van der Waals surface area contributed by atoms with E-state index in [2.05, 4.69) is 10.3 Å². The van der Waals surface area contributed by atoms with Crippen LogP contribution >= 0.6 is 0 Å². The zero-order chi connectivity index (χ0) is 23.0. The van der Waals surface area contributed by atoms with Crippen LogP contribution in [0.3, 0.4) is 0 Å². The molecule has 3 rings (SSSR count). The molecule has 1 N–H and O–H groups in total. The lowest BCUT2D eigenvalue weighted by molar-refractivity contribution is -0.162. The Morgan fingerprint density at radius 3 is 2.29 bits per heavy atom. The first-order valence-electron chi connectivity index (χ1n) is 10.5. The first-order valence-corrected chi connectivity index (χ1v) is 10.5. The summed E-state index contributed by atoms with van der Waals surface area (Å²) in [4.78, 5) is 29.9. The molecule has 0 aromatic carbocycles. The third kappa shape index (κ3) is 6.83. The van der Waals surface area contributed by atoms with E-state index in [4.69, 9.17) is 9.47 Å². The van der Waals surface area contributed by atoms with Crippen molar-refractivity contribution in [3.63, 3.8) is 0 Å². The summed E-state index contributed by atoms with van der Waals surface area (Å²) in [6, 6.07) is 1.22. The second-order valence-corrected chi connectivity index (χ2v) is 9.72. The molecule has 1 unspecified atom stereocenters. The van der Waals surface area contributed by atoms with E-state index in [1.54, 1.807) is 27.7 Å². The Balaban J connectivity index is 1.80. The molecule has 1 amide bonds. The Morgan fingerprint density at radius 2 is 1.77 bits per heavy atom. The topological polar surface area (TPSA) is 77.5 Å². The van der Waals surface area contributed by atoms with E-state index in [0.717, 1.165) is 25.7 Å². The van der Waals surface area contributed by atoms with Gasteiger partial charge in [0, 0.05) is 17.8 Å². The molecule has 1 aromatic heterocycles. The van der Waals surface area contributed by atoms with Gasteiger partial charge in [-0.2, -0.15) is 13.2 Å². The number of esters is 1. The minimum absolute atomic E-state index is 0.00105. The number of hydrogen-bond acceptors (Lipinski definition) is 5. The number of nitrogens with zero attached hydrogens (tertiary/aromatic N) is 1. The molecule has 2 aliphatic rings. The number of rotatable bonds is 8. The Hall–Kier alpha value is -2.32. The molecule has 9 heteroatoms. The average molecular weight is 442 g/mol. The second kappa shape index (κ2) is 8.31. The maximum atomic E-state index is 12.9. The monoisotopic (exact) mass is 442 g/mol. The molecule has 6 nitrogen and oxygen atoms in total. The van der Waals surface area contributed by atoms with Crippen LogP contribution < -0.4 is 10.1 Å². The van der Waals surface area contributed by atoms with Crippen LogP contribution in [0.4, 0.5) is 13.2 Å². The van der Waals surface area contributed by atoms with Gasteiger partial charge in [0.1, 0.15) is 22.6 Å². The molecule has 0 radical (unpaired) electrons. The minimum atomic E-state index is -4.49. The Bertz CT molecular complexity index is 842. The van der Waals surface area contributed by atoms with Gasteiger partial charge in [-0.3, -0.25) is 9.78 Å². The molecular formula is C22H29F3N2O4. The van der Waals surface area contributed by atoms with Crippen molar-refractivity contribution in [2.45, 2.75) is 83.0 Å². The number of ether oxygens (including phenoxy) is 2. The van der Waals surface area contributed by atoms with Crippen molar-refractivity contribution in [1.82, 2.24) is 10.3 Å². The fourth-order valence-corrected chi connectivity index (χ4v) is 3.35. The number of aromatic nitrogens is 1. The van der Waals surface area contributed by atoms with Gasteiger partial charge >= 0.3 is 12.1 Å². The maximum Gasteiger partial charge on any atom is 0.422 e. The molecule has 2 saturated carbocycles. The zero-order valence-corrected chi connectivity index (χ0v) is 18.3. The highest BCUT2D eigenvalue weighted by Gasteiger charge is 2.43. The van der Waals surface area contributed by atoms with E-state index in [9.17, 15) is 22.8 Å². The van der Waals surface area contributed by atoms with Gasteiger partial charge in [0.05, 0.1) is 0 Å². The van der Waals surface area contributed by atoms with Crippen LogP contribution in [0.5, 0.6) is 5.75 Å². The van der Waals surface area contributed by atoms with Crippen LogP contribution in [0.2, 0.25) is 0 Å². The molecule has 2 aliphatic carbocycles. The van der Waals surface area contributed by atoms with Crippen molar-refractivity contribution in [2.24, 2.45) is 5.92 Å². The predicted octanol–water partition coefficient (Wildman–Crippen LogP) is 4.53. The van der Waals surface area contributed by atoms with Crippen LogP contribution in [-0.4, -0.2) is 40.8 Å². The molecule has 2 fully saturated rings. The highest BCUT2D eigenvalue weighted by Crippen LogP contribution is 2.44. The summed E-state index contributed by atoms with van der Waals surface area (Å²) >= 11 is 0.